The van der Waals surface area contributed by atoms with E-state index < -0.39 is 17.7 Å². The number of alkyl carbamates (subject to hydrolysis) is 1. The highest BCUT2D eigenvalue weighted by Crippen LogP contribution is 2.14. The van der Waals surface area contributed by atoms with Crippen molar-refractivity contribution in [2.24, 2.45) is 0 Å². The molecule has 0 radical (unpaired) electrons. The maximum atomic E-state index is 12.0. The first-order valence-corrected chi connectivity index (χ1v) is 7.74. The van der Waals surface area contributed by atoms with Crippen LogP contribution in [0.4, 0.5) is 10.5 Å². The molecule has 116 valence electrons. The number of pyridine rings is 1. The van der Waals surface area contributed by atoms with Gasteiger partial charge in [0.1, 0.15) is 11.6 Å². The smallest absolute Gasteiger partial charge is 0.408 e. The van der Waals surface area contributed by atoms with E-state index in [0.717, 1.165) is 5.03 Å². The van der Waals surface area contributed by atoms with E-state index in [1.807, 2.05) is 12.3 Å². The molecule has 0 saturated heterocycles. The number of anilines is 1. The van der Waals surface area contributed by atoms with Crippen LogP contribution in [0.1, 0.15) is 27.7 Å². The molecule has 7 heteroatoms. The first-order valence-electron chi connectivity index (χ1n) is 6.51. The summed E-state index contributed by atoms with van der Waals surface area (Å²) >= 11 is 1.52. The summed E-state index contributed by atoms with van der Waals surface area (Å²) in [7, 11) is 0. The van der Waals surface area contributed by atoms with Crippen LogP contribution in [0.3, 0.4) is 0 Å². The van der Waals surface area contributed by atoms with Gasteiger partial charge in [0.2, 0.25) is 5.91 Å². The zero-order chi connectivity index (χ0) is 16.0. The third-order valence-electron chi connectivity index (χ3n) is 2.34. The number of amides is 2. The van der Waals surface area contributed by atoms with E-state index >= 15 is 0 Å². The third-order valence-corrected chi connectivity index (χ3v) is 3.00. The highest BCUT2D eigenvalue weighted by Gasteiger charge is 2.21. The van der Waals surface area contributed by atoms with Gasteiger partial charge in [0.15, 0.2) is 0 Å². The standard InChI is InChI=1S/C14H21N3O3S/c1-9(16-13(19)20-14(2,3)4)12(18)17-10-6-7-11(21-5)15-8-10/h6-9H,1-5H3,(H,16,19)(H,17,18)/t9-/m1/s1. The Labute approximate surface area is 129 Å². The van der Waals surface area contributed by atoms with Crippen molar-refractivity contribution in [2.45, 2.75) is 44.4 Å². The fraction of sp³-hybridized carbons (Fsp3) is 0.500. The van der Waals surface area contributed by atoms with Crippen LogP contribution in [0.5, 0.6) is 0 Å². The number of nitrogens with one attached hydrogen (secondary N) is 2. The maximum Gasteiger partial charge on any atom is 0.408 e. The van der Waals surface area contributed by atoms with Crippen molar-refractivity contribution < 1.29 is 14.3 Å². The van der Waals surface area contributed by atoms with E-state index in [1.54, 1.807) is 40.0 Å². The van der Waals surface area contributed by atoms with Crippen molar-refractivity contribution in [3.8, 4) is 0 Å². The summed E-state index contributed by atoms with van der Waals surface area (Å²) in [5, 5.41) is 6.03. The number of carbonyl (C=O) groups is 2. The average molecular weight is 311 g/mol. The van der Waals surface area contributed by atoms with Gasteiger partial charge in [-0.2, -0.15) is 0 Å². The summed E-state index contributed by atoms with van der Waals surface area (Å²) in [6.07, 6.45) is 2.87. The van der Waals surface area contributed by atoms with Gasteiger partial charge in [0.05, 0.1) is 16.9 Å². The molecule has 0 fully saturated rings. The number of hydrogen-bond acceptors (Lipinski definition) is 5. The number of rotatable bonds is 4. The van der Waals surface area contributed by atoms with E-state index in [1.165, 1.54) is 11.8 Å². The average Bonchev–Trinajstić information content (AvgIpc) is 2.37. The first-order chi connectivity index (χ1) is 9.71. The number of carbonyl (C=O) groups excluding carboxylic acids is 2. The van der Waals surface area contributed by atoms with Gasteiger partial charge in [0, 0.05) is 0 Å². The Kier molecular flexibility index (Phi) is 6.02. The topological polar surface area (TPSA) is 80.3 Å². The molecular weight excluding hydrogens is 290 g/mol. The number of nitrogens with zero attached hydrogens (tertiary/aromatic N) is 1. The Hall–Kier alpha value is -1.76. The second kappa shape index (κ2) is 7.31. The first kappa shape index (κ1) is 17.3. The van der Waals surface area contributed by atoms with Gasteiger partial charge in [-0.25, -0.2) is 9.78 Å². The molecule has 0 spiro atoms. The summed E-state index contributed by atoms with van der Waals surface area (Å²) < 4.78 is 5.09. The summed E-state index contributed by atoms with van der Waals surface area (Å²) in [6.45, 7) is 6.87. The van der Waals surface area contributed by atoms with Crippen molar-refractivity contribution in [1.29, 1.82) is 0 Å². The predicted molar refractivity (Wildman–Crippen MR) is 83.5 cm³/mol. The van der Waals surface area contributed by atoms with E-state index in [0.29, 0.717) is 5.69 Å². The van der Waals surface area contributed by atoms with Crippen LogP contribution in [0.15, 0.2) is 23.4 Å². The molecule has 1 rings (SSSR count). The van der Waals surface area contributed by atoms with Crippen LogP contribution in [-0.2, 0) is 9.53 Å². The van der Waals surface area contributed by atoms with Gasteiger partial charge < -0.3 is 15.4 Å². The van der Waals surface area contributed by atoms with Crippen LogP contribution in [0.2, 0.25) is 0 Å². The highest BCUT2D eigenvalue weighted by molar-refractivity contribution is 7.98. The van der Waals surface area contributed by atoms with Gasteiger partial charge in [-0.05, 0) is 46.1 Å². The van der Waals surface area contributed by atoms with Crippen LogP contribution in [0.25, 0.3) is 0 Å². The lowest BCUT2D eigenvalue weighted by Crippen LogP contribution is -2.43. The Balaban J connectivity index is 2.52. The Bertz CT molecular complexity index is 497. The van der Waals surface area contributed by atoms with Gasteiger partial charge in [-0.3, -0.25) is 4.79 Å². The molecule has 0 aliphatic rings. The van der Waals surface area contributed by atoms with Crippen LogP contribution in [-0.4, -0.2) is 34.9 Å². The molecule has 0 unspecified atom stereocenters. The quantitative estimate of drug-likeness (QED) is 0.836. The van der Waals surface area contributed by atoms with Crippen molar-refractivity contribution in [3.05, 3.63) is 18.3 Å². The lowest BCUT2D eigenvalue weighted by molar-refractivity contribution is -0.117. The van der Waals surface area contributed by atoms with E-state index in [9.17, 15) is 9.59 Å². The lowest BCUT2D eigenvalue weighted by Gasteiger charge is -2.21. The van der Waals surface area contributed by atoms with Crippen molar-refractivity contribution in [3.63, 3.8) is 0 Å². The van der Waals surface area contributed by atoms with Crippen molar-refractivity contribution >= 4 is 29.4 Å². The largest absolute Gasteiger partial charge is 0.444 e. The molecule has 2 amide bonds. The minimum absolute atomic E-state index is 0.334. The molecule has 1 heterocycles. The maximum absolute atomic E-state index is 12.0. The number of ether oxygens (including phenoxy) is 1. The second-order valence-electron chi connectivity index (χ2n) is 5.45. The van der Waals surface area contributed by atoms with E-state index in [4.69, 9.17) is 4.74 Å². The minimum atomic E-state index is -0.708. The summed E-state index contributed by atoms with van der Waals surface area (Å²) in [4.78, 5) is 27.7. The van der Waals surface area contributed by atoms with Crippen LogP contribution in [0, 0.1) is 0 Å². The molecule has 0 aliphatic heterocycles. The van der Waals surface area contributed by atoms with E-state index in [-0.39, 0.29) is 5.91 Å². The fourth-order valence-corrected chi connectivity index (χ4v) is 1.74. The Morgan fingerprint density at radius 3 is 2.48 bits per heavy atom. The number of aromatic nitrogens is 1. The van der Waals surface area contributed by atoms with Gasteiger partial charge in [-0.1, -0.05) is 0 Å². The minimum Gasteiger partial charge on any atom is -0.444 e. The summed E-state index contributed by atoms with van der Waals surface area (Å²) in [5.74, 6) is -0.334. The van der Waals surface area contributed by atoms with Crippen LogP contribution >= 0.6 is 11.8 Å². The monoisotopic (exact) mass is 311 g/mol. The Morgan fingerprint density at radius 2 is 2.00 bits per heavy atom. The third kappa shape index (κ3) is 6.48. The summed E-state index contributed by atoms with van der Waals surface area (Å²) in [5.41, 5.74) is -0.0201. The molecule has 1 aromatic rings. The molecule has 0 aromatic carbocycles. The van der Waals surface area contributed by atoms with E-state index in [2.05, 4.69) is 15.6 Å². The number of thioether (sulfide) groups is 1. The molecule has 0 bridgehead atoms. The van der Waals surface area contributed by atoms with Gasteiger partial charge in [0.25, 0.3) is 0 Å². The van der Waals surface area contributed by atoms with Gasteiger partial charge in [-0.15, -0.1) is 11.8 Å². The highest BCUT2D eigenvalue weighted by atomic mass is 32.2. The zero-order valence-electron chi connectivity index (χ0n) is 12.9. The zero-order valence-corrected chi connectivity index (χ0v) is 13.7. The molecular formula is C14H21N3O3S. The summed E-state index contributed by atoms with van der Waals surface area (Å²) in [6, 6.07) is 2.86. The molecule has 2 N–H and O–H groups in total. The van der Waals surface area contributed by atoms with Crippen molar-refractivity contribution in [2.75, 3.05) is 11.6 Å². The molecule has 0 aliphatic carbocycles. The second-order valence-corrected chi connectivity index (χ2v) is 6.27. The van der Waals surface area contributed by atoms with Crippen molar-refractivity contribution in [1.82, 2.24) is 10.3 Å². The van der Waals surface area contributed by atoms with Crippen LogP contribution < -0.4 is 10.6 Å². The fourth-order valence-electron chi connectivity index (χ4n) is 1.38. The molecule has 21 heavy (non-hydrogen) atoms. The predicted octanol–water partition coefficient (Wildman–Crippen LogP) is 2.66. The molecule has 0 saturated carbocycles. The normalized spacial score (nSPS) is 12.4. The molecule has 1 aromatic heterocycles. The van der Waals surface area contributed by atoms with Gasteiger partial charge >= 0.3 is 6.09 Å². The Morgan fingerprint density at radius 1 is 1.33 bits per heavy atom. The lowest BCUT2D eigenvalue weighted by atomic mass is 10.2. The molecule has 1 atom stereocenters. The SMILES string of the molecule is CSc1ccc(NC(=O)[C@@H](C)NC(=O)OC(C)(C)C)cn1. The molecule has 6 nitrogen and oxygen atoms in total. The number of hydrogen-bond donors (Lipinski definition) is 2.